The number of para-hydroxylation sites is 1. The number of nitrogens with one attached hydrogen (secondary N) is 1. The van der Waals surface area contributed by atoms with Crippen LogP contribution in [-0.2, 0) is 0 Å². The quantitative estimate of drug-likeness (QED) is 0.890. The highest BCUT2D eigenvalue weighted by Crippen LogP contribution is 2.32. The fraction of sp³-hybridized carbons (Fsp3) is 0.0833. The molecule has 0 fully saturated rings. The van der Waals surface area contributed by atoms with Crippen molar-refractivity contribution in [3.8, 4) is 5.19 Å². The molecular formula is C12H9Cl2N3O3S. The van der Waals surface area contributed by atoms with Gasteiger partial charge < -0.3 is 15.8 Å². The van der Waals surface area contributed by atoms with Crippen molar-refractivity contribution in [2.75, 3.05) is 5.32 Å². The fourth-order valence-corrected chi connectivity index (χ4v) is 2.81. The lowest BCUT2D eigenvalue weighted by Crippen LogP contribution is -2.15. The highest BCUT2D eigenvalue weighted by molar-refractivity contribution is 7.15. The van der Waals surface area contributed by atoms with Crippen LogP contribution < -0.4 is 15.8 Å². The van der Waals surface area contributed by atoms with E-state index >= 15 is 0 Å². The SMILES string of the molecule is Cc1nc(OC(N)=O)sc1C(=O)Nc1c(Cl)cccc1Cl. The van der Waals surface area contributed by atoms with Crippen molar-refractivity contribution < 1.29 is 14.3 Å². The summed E-state index contributed by atoms with van der Waals surface area (Å²) in [5.74, 6) is -0.459. The van der Waals surface area contributed by atoms with E-state index in [1.54, 1.807) is 25.1 Å². The molecule has 0 aliphatic rings. The van der Waals surface area contributed by atoms with Gasteiger partial charge in [0.2, 0.25) is 0 Å². The number of aryl methyl sites for hydroxylation is 1. The molecular weight excluding hydrogens is 337 g/mol. The largest absolute Gasteiger partial charge is 0.411 e. The summed E-state index contributed by atoms with van der Waals surface area (Å²) >= 11 is 12.8. The van der Waals surface area contributed by atoms with Crippen LogP contribution in [0.2, 0.25) is 10.0 Å². The Morgan fingerprint density at radius 3 is 2.52 bits per heavy atom. The predicted molar refractivity (Wildman–Crippen MR) is 81.5 cm³/mol. The lowest BCUT2D eigenvalue weighted by Gasteiger charge is -2.08. The van der Waals surface area contributed by atoms with Crippen LogP contribution >= 0.6 is 34.5 Å². The molecule has 9 heteroatoms. The minimum absolute atomic E-state index is 0.00425. The Balaban J connectivity index is 2.25. The summed E-state index contributed by atoms with van der Waals surface area (Å²) in [7, 11) is 0. The third-order valence-electron chi connectivity index (χ3n) is 2.37. The highest BCUT2D eigenvalue weighted by atomic mass is 35.5. The first kappa shape index (κ1) is 15.6. The lowest BCUT2D eigenvalue weighted by molar-refractivity contribution is 0.102. The van der Waals surface area contributed by atoms with Crippen LogP contribution in [0.5, 0.6) is 5.19 Å². The van der Waals surface area contributed by atoms with Gasteiger partial charge in [0.25, 0.3) is 11.1 Å². The Morgan fingerprint density at radius 1 is 1.33 bits per heavy atom. The molecule has 2 rings (SSSR count). The van der Waals surface area contributed by atoms with Gasteiger partial charge in [0.15, 0.2) is 0 Å². The number of rotatable bonds is 3. The van der Waals surface area contributed by atoms with Gasteiger partial charge in [-0.15, -0.1) is 0 Å². The van der Waals surface area contributed by atoms with Crippen molar-refractivity contribution in [2.45, 2.75) is 6.92 Å². The van der Waals surface area contributed by atoms with Crippen LogP contribution in [-0.4, -0.2) is 17.0 Å². The average molecular weight is 346 g/mol. The summed E-state index contributed by atoms with van der Waals surface area (Å²) in [5.41, 5.74) is 5.60. The van der Waals surface area contributed by atoms with E-state index in [0.29, 0.717) is 21.4 Å². The Morgan fingerprint density at radius 2 is 1.95 bits per heavy atom. The topological polar surface area (TPSA) is 94.3 Å². The van der Waals surface area contributed by atoms with Crippen molar-refractivity contribution in [1.82, 2.24) is 4.98 Å². The summed E-state index contributed by atoms with van der Waals surface area (Å²) in [4.78, 5) is 27.1. The molecule has 1 heterocycles. The molecule has 0 atom stereocenters. The van der Waals surface area contributed by atoms with Gasteiger partial charge in [0.1, 0.15) is 4.88 Å². The lowest BCUT2D eigenvalue weighted by atomic mass is 10.3. The zero-order valence-corrected chi connectivity index (χ0v) is 13.0. The fourth-order valence-electron chi connectivity index (χ4n) is 1.50. The number of amides is 2. The number of thiazole rings is 1. The van der Waals surface area contributed by atoms with Gasteiger partial charge in [-0.25, -0.2) is 9.78 Å². The smallest absolute Gasteiger partial charge is 0.381 e. The number of primary amides is 1. The normalized spacial score (nSPS) is 10.2. The first-order chi connectivity index (χ1) is 9.88. The van der Waals surface area contributed by atoms with E-state index in [9.17, 15) is 9.59 Å². The summed E-state index contributed by atoms with van der Waals surface area (Å²) in [6, 6.07) is 4.87. The van der Waals surface area contributed by atoms with E-state index in [1.807, 2.05) is 0 Å². The van der Waals surface area contributed by atoms with Crippen molar-refractivity contribution in [2.24, 2.45) is 5.73 Å². The predicted octanol–water partition coefficient (Wildman–Crippen LogP) is 3.47. The van der Waals surface area contributed by atoms with Crippen molar-refractivity contribution in [1.29, 1.82) is 0 Å². The second-order valence-electron chi connectivity index (χ2n) is 3.87. The number of nitrogens with zero attached hydrogens (tertiary/aromatic N) is 1. The maximum absolute atomic E-state index is 12.2. The van der Waals surface area contributed by atoms with Crippen molar-refractivity contribution in [3.63, 3.8) is 0 Å². The van der Waals surface area contributed by atoms with Crippen LogP contribution in [0.15, 0.2) is 18.2 Å². The van der Waals surface area contributed by atoms with Gasteiger partial charge in [-0.1, -0.05) is 40.6 Å². The third kappa shape index (κ3) is 3.63. The second-order valence-corrected chi connectivity index (χ2v) is 5.64. The molecule has 0 saturated heterocycles. The van der Waals surface area contributed by atoms with Gasteiger partial charge in [-0.2, -0.15) is 0 Å². The molecule has 1 aromatic carbocycles. The van der Waals surface area contributed by atoms with Gasteiger partial charge in [-0.05, 0) is 19.1 Å². The zero-order chi connectivity index (χ0) is 15.6. The second kappa shape index (κ2) is 6.30. The zero-order valence-electron chi connectivity index (χ0n) is 10.6. The first-order valence-corrected chi connectivity index (χ1v) is 7.16. The van der Waals surface area contributed by atoms with E-state index in [1.165, 1.54) is 0 Å². The number of aromatic nitrogens is 1. The molecule has 3 N–H and O–H groups in total. The number of anilines is 1. The van der Waals surface area contributed by atoms with Crippen molar-refractivity contribution >= 4 is 52.2 Å². The summed E-state index contributed by atoms with van der Waals surface area (Å²) in [6.45, 7) is 1.60. The molecule has 110 valence electrons. The number of carbonyl (C=O) groups excluding carboxylic acids is 2. The average Bonchev–Trinajstić information content (AvgIpc) is 2.74. The minimum Gasteiger partial charge on any atom is -0.381 e. The number of nitrogens with two attached hydrogens (primary N) is 1. The number of ether oxygens (including phenoxy) is 1. The van der Waals surface area contributed by atoms with E-state index < -0.39 is 12.0 Å². The van der Waals surface area contributed by atoms with Gasteiger partial charge in [0, 0.05) is 0 Å². The van der Waals surface area contributed by atoms with Gasteiger partial charge >= 0.3 is 6.09 Å². The summed E-state index contributed by atoms with van der Waals surface area (Å²) in [5, 5.41) is 3.22. The Kier molecular flexibility index (Phi) is 4.66. The van der Waals surface area contributed by atoms with Crippen molar-refractivity contribution in [3.05, 3.63) is 38.8 Å². The molecule has 21 heavy (non-hydrogen) atoms. The molecule has 2 aromatic rings. The molecule has 0 bridgehead atoms. The van der Waals surface area contributed by atoms with Gasteiger partial charge in [-0.3, -0.25) is 4.79 Å². The summed E-state index contributed by atoms with van der Waals surface area (Å²) in [6.07, 6.45) is -0.996. The van der Waals surface area contributed by atoms with Crippen LogP contribution in [0.25, 0.3) is 0 Å². The van der Waals surface area contributed by atoms with E-state index in [4.69, 9.17) is 28.9 Å². The van der Waals surface area contributed by atoms with Crippen LogP contribution in [0, 0.1) is 6.92 Å². The molecule has 1 aromatic heterocycles. The van der Waals surface area contributed by atoms with Crippen LogP contribution in [0.4, 0.5) is 10.5 Å². The standard InChI is InChI=1S/C12H9Cl2N3O3S/c1-5-9(21-12(16-5)20-11(15)19)10(18)17-8-6(13)3-2-4-7(8)14/h2-4H,1H3,(H2,15,19)(H,17,18). The van der Waals surface area contributed by atoms with Gasteiger partial charge in [0.05, 0.1) is 21.4 Å². The maximum Gasteiger partial charge on any atom is 0.411 e. The minimum atomic E-state index is -0.996. The maximum atomic E-state index is 12.2. The molecule has 0 aliphatic heterocycles. The molecule has 6 nitrogen and oxygen atoms in total. The molecule has 0 radical (unpaired) electrons. The number of benzene rings is 1. The van der Waals surface area contributed by atoms with E-state index in [0.717, 1.165) is 11.3 Å². The summed E-state index contributed by atoms with van der Waals surface area (Å²) < 4.78 is 4.64. The Labute approximate surface area is 133 Å². The van der Waals surface area contributed by atoms with Crippen LogP contribution in [0.3, 0.4) is 0 Å². The van der Waals surface area contributed by atoms with Crippen LogP contribution in [0.1, 0.15) is 15.4 Å². The number of hydrogen-bond acceptors (Lipinski definition) is 5. The highest BCUT2D eigenvalue weighted by Gasteiger charge is 2.19. The molecule has 2 amide bonds. The Hall–Kier alpha value is -1.83. The first-order valence-electron chi connectivity index (χ1n) is 5.58. The number of hydrogen-bond donors (Lipinski definition) is 2. The number of carbonyl (C=O) groups is 2. The van der Waals surface area contributed by atoms with E-state index in [-0.39, 0.29) is 10.1 Å². The molecule has 0 unspecified atom stereocenters. The third-order valence-corrected chi connectivity index (χ3v) is 4.04. The van der Waals surface area contributed by atoms with E-state index in [2.05, 4.69) is 15.0 Å². The molecule has 0 spiro atoms. The molecule has 0 aliphatic carbocycles. The molecule has 0 saturated carbocycles. The number of halogens is 2. The Bertz CT molecular complexity index is 698. The monoisotopic (exact) mass is 345 g/mol.